The van der Waals surface area contributed by atoms with Gasteiger partial charge in [0.25, 0.3) is 5.91 Å². The Kier molecular flexibility index (Phi) is 4.48. The lowest BCUT2D eigenvalue weighted by Crippen LogP contribution is -2.11. The molecule has 1 aromatic heterocycles. The van der Waals surface area contributed by atoms with Crippen molar-refractivity contribution in [3.63, 3.8) is 0 Å². The van der Waals surface area contributed by atoms with Crippen molar-refractivity contribution in [2.45, 2.75) is 0 Å². The van der Waals surface area contributed by atoms with Gasteiger partial charge in [0.15, 0.2) is 0 Å². The van der Waals surface area contributed by atoms with Crippen LogP contribution in [0.5, 0.6) is 5.75 Å². The molecule has 0 atom stereocenters. The maximum atomic E-state index is 12.4. The van der Waals surface area contributed by atoms with E-state index in [0.717, 1.165) is 17.0 Å². The summed E-state index contributed by atoms with van der Waals surface area (Å²) in [6.07, 6.45) is 0. The van der Waals surface area contributed by atoms with Gasteiger partial charge in [-0.3, -0.25) is 4.79 Å². The van der Waals surface area contributed by atoms with Gasteiger partial charge in [0, 0.05) is 16.3 Å². The van der Waals surface area contributed by atoms with E-state index >= 15 is 0 Å². The van der Waals surface area contributed by atoms with Gasteiger partial charge in [-0.2, -0.15) is 4.80 Å². The molecule has 4 rings (SSSR count). The number of methoxy groups -OCH3 is 1. The summed E-state index contributed by atoms with van der Waals surface area (Å²) < 4.78 is 5.16. The lowest BCUT2D eigenvalue weighted by atomic mass is 10.2. The molecule has 0 saturated carbocycles. The number of anilines is 1. The zero-order valence-electron chi connectivity index (χ0n) is 14.4. The minimum atomic E-state index is -0.237. The van der Waals surface area contributed by atoms with E-state index in [1.165, 1.54) is 0 Å². The number of halogens is 1. The number of carbonyl (C=O) groups excluding carboxylic acids is 1. The average molecular weight is 379 g/mol. The van der Waals surface area contributed by atoms with E-state index in [9.17, 15) is 4.79 Å². The number of amides is 1. The smallest absolute Gasteiger partial charge is 0.255 e. The lowest BCUT2D eigenvalue weighted by Gasteiger charge is -2.05. The minimum absolute atomic E-state index is 0.237. The van der Waals surface area contributed by atoms with Crippen LogP contribution in [0, 0.1) is 0 Å². The number of carbonyl (C=O) groups is 1. The van der Waals surface area contributed by atoms with Crippen molar-refractivity contribution in [1.82, 2.24) is 15.0 Å². The third-order valence-corrected chi connectivity index (χ3v) is 4.26. The van der Waals surface area contributed by atoms with Gasteiger partial charge in [0.05, 0.1) is 12.8 Å². The summed E-state index contributed by atoms with van der Waals surface area (Å²) in [5.74, 6) is 0.529. The first-order valence-electron chi connectivity index (χ1n) is 8.21. The topological polar surface area (TPSA) is 69.0 Å². The monoisotopic (exact) mass is 378 g/mol. The molecule has 7 heteroatoms. The number of aromatic nitrogens is 3. The zero-order chi connectivity index (χ0) is 18.8. The third kappa shape index (κ3) is 3.61. The van der Waals surface area contributed by atoms with Crippen LogP contribution in [0.25, 0.3) is 16.7 Å². The molecule has 0 spiro atoms. The molecule has 134 valence electrons. The zero-order valence-corrected chi connectivity index (χ0v) is 15.1. The van der Waals surface area contributed by atoms with Crippen LogP contribution in [0.15, 0.2) is 66.7 Å². The van der Waals surface area contributed by atoms with Gasteiger partial charge >= 0.3 is 0 Å². The Hall–Kier alpha value is -3.38. The molecule has 27 heavy (non-hydrogen) atoms. The molecular formula is C20H15ClN4O2. The normalized spacial score (nSPS) is 10.7. The molecule has 0 fully saturated rings. The Bertz CT molecular complexity index is 1120. The van der Waals surface area contributed by atoms with Crippen molar-refractivity contribution in [2.75, 3.05) is 12.4 Å². The van der Waals surface area contributed by atoms with Crippen LogP contribution < -0.4 is 10.1 Å². The quantitative estimate of drug-likeness (QED) is 0.573. The van der Waals surface area contributed by atoms with E-state index < -0.39 is 0 Å². The summed E-state index contributed by atoms with van der Waals surface area (Å²) in [5.41, 5.74) is 3.34. The molecule has 0 aliphatic rings. The maximum absolute atomic E-state index is 12.4. The Morgan fingerprint density at radius 1 is 1.00 bits per heavy atom. The summed E-state index contributed by atoms with van der Waals surface area (Å²) in [5, 5.41) is 12.3. The SMILES string of the molecule is COc1ccc(-n2nc3ccc(NC(=O)c4cccc(Cl)c4)cc3n2)cc1. The largest absolute Gasteiger partial charge is 0.497 e. The Labute approximate surface area is 160 Å². The van der Waals surface area contributed by atoms with Crippen molar-refractivity contribution >= 4 is 34.2 Å². The van der Waals surface area contributed by atoms with Crippen molar-refractivity contribution in [1.29, 1.82) is 0 Å². The minimum Gasteiger partial charge on any atom is -0.497 e. The van der Waals surface area contributed by atoms with Crippen molar-refractivity contribution in [3.8, 4) is 11.4 Å². The van der Waals surface area contributed by atoms with Crippen molar-refractivity contribution < 1.29 is 9.53 Å². The van der Waals surface area contributed by atoms with E-state index in [1.807, 2.05) is 30.3 Å². The molecule has 0 unspecified atom stereocenters. The van der Waals surface area contributed by atoms with E-state index in [1.54, 1.807) is 48.3 Å². The summed E-state index contributed by atoms with van der Waals surface area (Å²) in [4.78, 5) is 13.9. The second-order valence-electron chi connectivity index (χ2n) is 5.86. The second kappa shape index (κ2) is 7.09. The van der Waals surface area contributed by atoms with Crippen LogP contribution in [0.1, 0.15) is 10.4 Å². The maximum Gasteiger partial charge on any atom is 0.255 e. The molecular weight excluding hydrogens is 364 g/mol. The molecule has 1 N–H and O–H groups in total. The molecule has 3 aromatic carbocycles. The predicted molar refractivity (Wildman–Crippen MR) is 105 cm³/mol. The van der Waals surface area contributed by atoms with Crippen molar-refractivity contribution in [2.24, 2.45) is 0 Å². The number of rotatable bonds is 4. The van der Waals surface area contributed by atoms with Crippen LogP contribution in [-0.4, -0.2) is 28.0 Å². The number of benzene rings is 3. The highest BCUT2D eigenvalue weighted by atomic mass is 35.5. The number of fused-ring (bicyclic) bond motifs is 1. The lowest BCUT2D eigenvalue weighted by molar-refractivity contribution is 0.102. The van der Waals surface area contributed by atoms with Crippen LogP contribution in [0.2, 0.25) is 5.02 Å². The first-order valence-corrected chi connectivity index (χ1v) is 8.59. The van der Waals surface area contributed by atoms with Crippen LogP contribution in [0.4, 0.5) is 5.69 Å². The molecule has 0 saturated heterocycles. The van der Waals surface area contributed by atoms with E-state index in [4.69, 9.17) is 16.3 Å². The Morgan fingerprint density at radius 3 is 2.52 bits per heavy atom. The molecule has 0 radical (unpaired) electrons. The number of nitrogens with zero attached hydrogens (tertiary/aromatic N) is 3. The van der Waals surface area contributed by atoms with E-state index in [2.05, 4.69) is 15.5 Å². The summed E-state index contributed by atoms with van der Waals surface area (Å²) in [6, 6.07) is 19.6. The highest BCUT2D eigenvalue weighted by Gasteiger charge is 2.09. The van der Waals surface area contributed by atoms with Gasteiger partial charge in [-0.25, -0.2) is 0 Å². The average Bonchev–Trinajstić information content (AvgIpc) is 3.11. The molecule has 4 aromatic rings. The standard InChI is InChI=1S/C20H15ClN4O2/c1-27-17-8-6-16(7-9-17)25-23-18-10-5-15(12-19(18)24-25)22-20(26)13-3-2-4-14(21)11-13/h2-12H,1H3,(H,22,26). The molecule has 0 aliphatic carbocycles. The highest BCUT2D eigenvalue weighted by Crippen LogP contribution is 2.20. The number of nitrogens with one attached hydrogen (secondary N) is 1. The Balaban J connectivity index is 1.59. The van der Waals surface area contributed by atoms with Crippen LogP contribution >= 0.6 is 11.6 Å². The van der Waals surface area contributed by atoms with Crippen molar-refractivity contribution in [3.05, 3.63) is 77.3 Å². The predicted octanol–water partition coefficient (Wildman–Crippen LogP) is 4.33. The highest BCUT2D eigenvalue weighted by molar-refractivity contribution is 6.31. The summed E-state index contributed by atoms with van der Waals surface area (Å²) in [7, 11) is 1.62. The molecule has 0 aliphatic heterocycles. The number of hydrogen-bond acceptors (Lipinski definition) is 4. The first kappa shape index (κ1) is 17.1. The molecule has 1 amide bonds. The first-order chi connectivity index (χ1) is 13.1. The number of hydrogen-bond donors (Lipinski definition) is 1. The van der Waals surface area contributed by atoms with Gasteiger partial charge in [0.1, 0.15) is 16.8 Å². The van der Waals surface area contributed by atoms with E-state index in [0.29, 0.717) is 21.8 Å². The summed E-state index contributed by atoms with van der Waals surface area (Å²) >= 11 is 5.94. The van der Waals surface area contributed by atoms with Gasteiger partial charge in [-0.1, -0.05) is 17.7 Å². The third-order valence-electron chi connectivity index (χ3n) is 4.03. The van der Waals surface area contributed by atoms with Crippen LogP contribution in [0.3, 0.4) is 0 Å². The summed E-state index contributed by atoms with van der Waals surface area (Å²) in [6.45, 7) is 0. The fourth-order valence-electron chi connectivity index (χ4n) is 2.66. The molecule has 1 heterocycles. The van der Waals surface area contributed by atoms with Gasteiger partial charge in [-0.15, -0.1) is 10.2 Å². The Morgan fingerprint density at radius 2 is 1.78 bits per heavy atom. The van der Waals surface area contributed by atoms with Gasteiger partial charge in [0.2, 0.25) is 0 Å². The number of ether oxygens (including phenoxy) is 1. The second-order valence-corrected chi connectivity index (χ2v) is 6.29. The van der Waals surface area contributed by atoms with Crippen LogP contribution in [-0.2, 0) is 0 Å². The molecule has 6 nitrogen and oxygen atoms in total. The van der Waals surface area contributed by atoms with Gasteiger partial charge in [-0.05, 0) is 60.7 Å². The van der Waals surface area contributed by atoms with E-state index in [-0.39, 0.29) is 5.91 Å². The van der Waals surface area contributed by atoms with Gasteiger partial charge < -0.3 is 10.1 Å². The molecule has 0 bridgehead atoms. The fraction of sp³-hybridized carbons (Fsp3) is 0.0500. The fourth-order valence-corrected chi connectivity index (χ4v) is 2.85.